The van der Waals surface area contributed by atoms with Crippen molar-refractivity contribution < 1.29 is 4.79 Å². The third-order valence-corrected chi connectivity index (χ3v) is 4.25. The molecule has 2 heterocycles. The molecule has 4 heteroatoms. The Morgan fingerprint density at radius 3 is 3.00 bits per heavy atom. The summed E-state index contributed by atoms with van der Waals surface area (Å²) in [6, 6.07) is 2.03. The lowest BCUT2D eigenvalue weighted by Gasteiger charge is -2.08. The number of aromatic amines is 1. The van der Waals surface area contributed by atoms with Crippen molar-refractivity contribution in [2.45, 2.75) is 0 Å². The fourth-order valence-corrected chi connectivity index (χ4v) is 3.10. The number of allylic oxidation sites excluding steroid dienone is 1. The van der Waals surface area contributed by atoms with Crippen LogP contribution in [0.3, 0.4) is 0 Å². The van der Waals surface area contributed by atoms with Crippen LogP contribution < -0.4 is 10.7 Å². The summed E-state index contributed by atoms with van der Waals surface area (Å²) in [4.78, 5) is 15.5. The normalized spacial score (nSPS) is 19.3. The number of aromatic nitrogens is 1. The summed E-state index contributed by atoms with van der Waals surface area (Å²) in [5, 5.41) is 3.77. The molecule has 0 radical (unpaired) electrons. The highest BCUT2D eigenvalue weighted by Crippen LogP contribution is 2.25. The lowest BCUT2D eigenvalue weighted by molar-refractivity contribution is -0.116. The largest absolute Gasteiger partial charge is 0.361 e. The van der Waals surface area contributed by atoms with Crippen LogP contribution in [-0.2, 0) is 4.79 Å². The Morgan fingerprint density at radius 1 is 1.50 bits per heavy atom. The van der Waals surface area contributed by atoms with E-state index < -0.39 is 0 Å². The van der Waals surface area contributed by atoms with E-state index in [1.165, 1.54) is 4.51 Å². The van der Waals surface area contributed by atoms with Crippen LogP contribution >= 0.6 is 10.5 Å². The van der Waals surface area contributed by atoms with Gasteiger partial charge in [0.15, 0.2) is 0 Å². The minimum atomic E-state index is -0.115. The molecule has 0 aromatic carbocycles. The van der Waals surface area contributed by atoms with Gasteiger partial charge in [-0.1, -0.05) is 0 Å². The first-order valence-electron chi connectivity index (χ1n) is 4.34. The molecule has 1 aliphatic heterocycles. The monoisotopic (exact) mass is 208 g/mol. The maximum atomic E-state index is 11.5. The van der Waals surface area contributed by atoms with Gasteiger partial charge in [0.2, 0.25) is 0 Å². The van der Waals surface area contributed by atoms with Crippen LogP contribution in [0.4, 0.5) is 0 Å². The molecule has 1 aromatic heterocycles. The van der Waals surface area contributed by atoms with Crippen LogP contribution in [0.5, 0.6) is 0 Å². The first-order chi connectivity index (χ1) is 6.74. The molecule has 14 heavy (non-hydrogen) atoms. The van der Waals surface area contributed by atoms with Gasteiger partial charge in [-0.2, -0.15) is 0 Å². The molecule has 0 aliphatic carbocycles. The van der Waals surface area contributed by atoms with Gasteiger partial charge < -0.3 is 10.3 Å². The first kappa shape index (κ1) is 9.27. The zero-order valence-electron chi connectivity index (χ0n) is 8.13. The zero-order valence-corrected chi connectivity index (χ0v) is 8.94. The molecular formula is C10H12N2OS. The van der Waals surface area contributed by atoms with Gasteiger partial charge in [-0.15, -0.1) is 10.5 Å². The van der Waals surface area contributed by atoms with Crippen LogP contribution in [-0.4, -0.2) is 24.2 Å². The average molecular weight is 208 g/mol. The number of fused-ring (bicyclic) bond motifs is 1. The molecule has 1 aliphatic rings. The molecule has 1 amide bonds. The van der Waals surface area contributed by atoms with E-state index in [1.54, 1.807) is 7.05 Å². The molecule has 2 N–H and O–H groups in total. The van der Waals surface area contributed by atoms with Crippen LogP contribution in [0.15, 0.2) is 23.2 Å². The van der Waals surface area contributed by atoms with Crippen molar-refractivity contribution in [3.63, 3.8) is 0 Å². The summed E-state index contributed by atoms with van der Waals surface area (Å²) in [7, 11) is 1.54. The number of hydrogen-bond donors (Lipinski definition) is 2. The molecule has 0 saturated carbocycles. The van der Waals surface area contributed by atoms with Crippen LogP contribution in [0.2, 0.25) is 0 Å². The number of carbonyl (C=O) groups excluding carboxylic acids is 1. The Hall–Kier alpha value is -1.29. The van der Waals surface area contributed by atoms with Gasteiger partial charge in [-0.05, 0) is 24.5 Å². The molecule has 1 aromatic rings. The highest BCUT2D eigenvalue weighted by molar-refractivity contribution is 8.13. The molecular weight excluding hydrogens is 196 g/mol. The van der Waals surface area contributed by atoms with Crippen molar-refractivity contribution in [2.75, 3.05) is 13.3 Å². The number of rotatable bonds is 1. The smallest absolute Gasteiger partial charge is 0.256 e. The van der Waals surface area contributed by atoms with E-state index in [9.17, 15) is 4.79 Å². The van der Waals surface area contributed by atoms with E-state index in [0.29, 0.717) is 0 Å². The SMILES string of the molecule is CNC(=O)C1=CC=c2[nH]ccc2=S1C. The van der Waals surface area contributed by atoms with Gasteiger partial charge in [-0.25, -0.2) is 0 Å². The van der Waals surface area contributed by atoms with Gasteiger partial charge in [0.1, 0.15) is 0 Å². The van der Waals surface area contributed by atoms with Crippen LogP contribution in [0, 0.1) is 4.51 Å². The van der Waals surface area contributed by atoms with Crippen molar-refractivity contribution in [1.29, 1.82) is 0 Å². The Bertz CT molecular complexity index is 525. The van der Waals surface area contributed by atoms with E-state index in [1.807, 2.05) is 24.4 Å². The standard InChI is InChI=1S/C10H12N2OS/c1-11-10(13)9-4-3-7-8(14(9)2)5-6-12-7/h3-6,12H,1-2H3,(H,11,13). The number of H-pyrrole nitrogens is 1. The molecule has 0 fully saturated rings. The maximum absolute atomic E-state index is 11.5. The molecule has 0 saturated heterocycles. The second kappa shape index (κ2) is 3.46. The minimum Gasteiger partial charge on any atom is -0.361 e. The predicted octanol–water partition coefficient (Wildman–Crippen LogP) is 0.588. The summed E-state index contributed by atoms with van der Waals surface area (Å²) in [6.45, 7) is 0. The van der Waals surface area contributed by atoms with Crippen LogP contribution in [0.1, 0.15) is 0 Å². The number of nitrogens with one attached hydrogen (secondary N) is 2. The third kappa shape index (κ3) is 1.32. The van der Waals surface area contributed by atoms with Gasteiger partial charge in [0.05, 0.1) is 10.3 Å². The Balaban J connectivity index is 2.63. The molecule has 0 bridgehead atoms. The molecule has 0 spiro atoms. The number of likely N-dealkylation sites (N-methyl/N-ethyl adjacent to an activating group) is 1. The van der Waals surface area contributed by atoms with E-state index in [0.717, 1.165) is 10.3 Å². The summed E-state index contributed by atoms with van der Waals surface area (Å²) in [5.74, 6) is 0.0129. The summed E-state index contributed by atoms with van der Waals surface area (Å²) >= 11 is 0. The number of amides is 1. The van der Waals surface area contributed by atoms with Crippen molar-refractivity contribution in [3.05, 3.63) is 33.1 Å². The lowest BCUT2D eigenvalue weighted by atomic mass is 10.4. The van der Waals surface area contributed by atoms with E-state index in [2.05, 4.69) is 16.6 Å². The second-order valence-corrected chi connectivity index (χ2v) is 4.94. The second-order valence-electron chi connectivity index (χ2n) is 3.04. The van der Waals surface area contributed by atoms with Gasteiger partial charge in [0.25, 0.3) is 5.91 Å². The predicted molar refractivity (Wildman–Crippen MR) is 59.4 cm³/mol. The van der Waals surface area contributed by atoms with Crippen molar-refractivity contribution in [1.82, 2.24) is 10.3 Å². The van der Waals surface area contributed by atoms with Gasteiger partial charge >= 0.3 is 0 Å². The quantitative estimate of drug-likeness (QED) is 0.652. The summed E-state index contributed by atoms with van der Waals surface area (Å²) < 4.78 is 1.21. The van der Waals surface area contributed by atoms with Crippen molar-refractivity contribution >= 4 is 22.5 Å². The first-order valence-corrected chi connectivity index (χ1v) is 5.97. The van der Waals surface area contributed by atoms with Crippen molar-refractivity contribution in [2.24, 2.45) is 0 Å². The van der Waals surface area contributed by atoms with Crippen LogP contribution in [0.25, 0.3) is 6.08 Å². The Morgan fingerprint density at radius 2 is 2.29 bits per heavy atom. The van der Waals surface area contributed by atoms with E-state index in [-0.39, 0.29) is 16.4 Å². The average Bonchev–Trinajstić information content (AvgIpc) is 2.66. The van der Waals surface area contributed by atoms with Crippen molar-refractivity contribution in [3.8, 4) is 0 Å². The topological polar surface area (TPSA) is 44.9 Å². The van der Waals surface area contributed by atoms with E-state index >= 15 is 0 Å². The lowest BCUT2D eigenvalue weighted by Crippen LogP contribution is -2.20. The zero-order chi connectivity index (χ0) is 10.1. The molecule has 3 nitrogen and oxygen atoms in total. The molecule has 74 valence electrons. The fraction of sp³-hybridized carbons (Fsp3) is 0.200. The van der Waals surface area contributed by atoms with Gasteiger partial charge in [-0.3, -0.25) is 4.79 Å². The van der Waals surface area contributed by atoms with E-state index in [4.69, 9.17) is 0 Å². The molecule has 2 rings (SSSR count). The summed E-state index contributed by atoms with van der Waals surface area (Å²) in [5.41, 5.74) is 0. The Labute approximate surface area is 84.5 Å². The summed E-state index contributed by atoms with van der Waals surface area (Å²) in [6.07, 6.45) is 7.82. The molecule has 1 unspecified atom stereocenters. The fourth-order valence-electron chi connectivity index (χ4n) is 1.48. The van der Waals surface area contributed by atoms with Gasteiger partial charge in [0, 0.05) is 17.8 Å². The highest BCUT2D eigenvalue weighted by Gasteiger charge is 2.11. The maximum Gasteiger partial charge on any atom is 0.256 e. The molecule has 1 atom stereocenters. The Kier molecular flexibility index (Phi) is 2.29. The number of carbonyl (C=O) groups is 1. The number of hydrogen-bond acceptors (Lipinski definition) is 1. The minimum absolute atomic E-state index is 0.0129. The third-order valence-electron chi connectivity index (χ3n) is 2.25. The highest BCUT2D eigenvalue weighted by atomic mass is 32.2.